The zero-order chi connectivity index (χ0) is 10.8. The highest BCUT2D eigenvalue weighted by molar-refractivity contribution is 5.94. The third-order valence-electron chi connectivity index (χ3n) is 2.67. The zero-order valence-electron chi connectivity index (χ0n) is 8.11. The van der Waals surface area contributed by atoms with Crippen LogP contribution in [0.25, 0.3) is 0 Å². The number of benzene rings is 1. The van der Waals surface area contributed by atoms with Crippen LogP contribution in [0.3, 0.4) is 0 Å². The highest BCUT2D eigenvalue weighted by Gasteiger charge is 2.30. The largest absolute Gasteiger partial charge is 0.391 e. The first-order chi connectivity index (χ1) is 7.18. The fourth-order valence-corrected chi connectivity index (χ4v) is 1.54. The number of rotatable bonds is 2. The van der Waals surface area contributed by atoms with Crippen molar-refractivity contribution in [3.63, 3.8) is 0 Å². The van der Waals surface area contributed by atoms with E-state index in [2.05, 4.69) is 5.32 Å². The normalized spacial score (nSPS) is 24.4. The molecule has 2 atom stereocenters. The quantitative estimate of drug-likeness (QED) is 0.765. The van der Waals surface area contributed by atoms with E-state index in [1.165, 1.54) is 18.2 Å². The van der Waals surface area contributed by atoms with Crippen LogP contribution in [0.15, 0.2) is 24.3 Å². The Morgan fingerprint density at radius 1 is 1.40 bits per heavy atom. The van der Waals surface area contributed by atoms with Gasteiger partial charge in [0.15, 0.2) is 0 Å². The van der Waals surface area contributed by atoms with Crippen molar-refractivity contribution in [2.75, 3.05) is 0 Å². The van der Waals surface area contributed by atoms with Crippen molar-refractivity contribution >= 4 is 5.91 Å². The van der Waals surface area contributed by atoms with Gasteiger partial charge in [-0.15, -0.1) is 0 Å². The minimum absolute atomic E-state index is 0.0246. The molecule has 2 rings (SSSR count). The Bertz CT molecular complexity index is 381. The summed E-state index contributed by atoms with van der Waals surface area (Å²) in [4.78, 5) is 11.6. The summed E-state index contributed by atoms with van der Waals surface area (Å²) in [6, 6.07) is 5.58. The predicted octanol–water partition coefficient (Wildman–Crippen LogP) is 1.08. The van der Waals surface area contributed by atoms with E-state index in [-0.39, 0.29) is 11.6 Å². The second-order valence-corrected chi connectivity index (χ2v) is 3.70. The average Bonchev–Trinajstić information content (AvgIpc) is 2.24. The lowest BCUT2D eigenvalue weighted by molar-refractivity contribution is 0.0446. The lowest BCUT2D eigenvalue weighted by Gasteiger charge is -2.32. The number of nitrogens with one attached hydrogen (secondary N) is 1. The second-order valence-electron chi connectivity index (χ2n) is 3.70. The molecule has 4 heteroatoms. The molecule has 80 valence electrons. The van der Waals surface area contributed by atoms with E-state index >= 15 is 0 Å². The van der Waals surface area contributed by atoms with Crippen LogP contribution in [0.4, 0.5) is 4.39 Å². The lowest BCUT2D eigenvalue weighted by Crippen LogP contribution is -2.50. The monoisotopic (exact) mass is 209 g/mol. The van der Waals surface area contributed by atoms with Gasteiger partial charge < -0.3 is 10.4 Å². The number of aliphatic hydroxyl groups is 1. The molecular formula is C11H12FNO2. The van der Waals surface area contributed by atoms with Crippen LogP contribution in [0.1, 0.15) is 23.2 Å². The molecule has 0 bridgehead atoms. The van der Waals surface area contributed by atoms with Crippen molar-refractivity contribution in [2.45, 2.75) is 25.0 Å². The Kier molecular flexibility index (Phi) is 2.68. The van der Waals surface area contributed by atoms with Gasteiger partial charge in [0.1, 0.15) is 5.82 Å². The van der Waals surface area contributed by atoms with Gasteiger partial charge in [-0.25, -0.2) is 4.39 Å². The Morgan fingerprint density at radius 2 is 2.13 bits per heavy atom. The molecule has 0 unspecified atom stereocenters. The highest BCUT2D eigenvalue weighted by atomic mass is 19.1. The molecular weight excluding hydrogens is 197 g/mol. The summed E-state index contributed by atoms with van der Waals surface area (Å²) in [6.45, 7) is 0. The van der Waals surface area contributed by atoms with Gasteiger partial charge in [0.2, 0.25) is 0 Å². The summed E-state index contributed by atoms with van der Waals surface area (Å²) in [6.07, 6.45) is 0.963. The molecule has 1 aliphatic rings. The number of carbonyl (C=O) groups excluding carboxylic acids is 1. The molecule has 3 nitrogen and oxygen atoms in total. The van der Waals surface area contributed by atoms with Crippen LogP contribution >= 0.6 is 0 Å². The minimum atomic E-state index is -0.538. The van der Waals surface area contributed by atoms with E-state index in [4.69, 9.17) is 0 Å². The van der Waals surface area contributed by atoms with Crippen LogP contribution in [0, 0.1) is 5.82 Å². The average molecular weight is 209 g/mol. The van der Waals surface area contributed by atoms with Gasteiger partial charge in [0, 0.05) is 0 Å². The molecule has 0 spiro atoms. The maximum Gasteiger partial charge on any atom is 0.254 e. The van der Waals surface area contributed by atoms with Gasteiger partial charge in [-0.05, 0) is 25.0 Å². The van der Waals surface area contributed by atoms with E-state index in [1.807, 2.05) is 0 Å². The summed E-state index contributed by atoms with van der Waals surface area (Å²) in [5, 5.41) is 11.9. The van der Waals surface area contributed by atoms with Gasteiger partial charge in [0.25, 0.3) is 5.91 Å². The fourth-order valence-electron chi connectivity index (χ4n) is 1.54. The third-order valence-corrected chi connectivity index (χ3v) is 2.67. The molecule has 1 aliphatic carbocycles. The number of hydrogen-bond donors (Lipinski definition) is 2. The van der Waals surface area contributed by atoms with Gasteiger partial charge in [-0.3, -0.25) is 4.79 Å². The number of aliphatic hydroxyl groups excluding tert-OH is 1. The molecule has 1 saturated carbocycles. The molecule has 1 aromatic rings. The van der Waals surface area contributed by atoms with Gasteiger partial charge in [-0.2, -0.15) is 0 Å². The summed E-state index contributed by atoms with van der Waals surface area (Å²) in [5.41, 5.74) is 0.0246. The van der Waals surface area contributed by atoms with E-state index in [0.29, 0.717) is 6.42 Å². The Balaban J connectivity index is 2.05. The smallest absolute Gasteiger partial charge is 0.254 e. The Morgan fingerprint density at radius 3 is 2.67 bits per heavy atom. The first-order valence-corrected chi connectivity index (χ1v) is 4.92. The summed E-state index contributed by atoms with van der Waals surface area (Å²) in [7, 11) is 0. The van der Waals surface area contributed by atoms with Gasteiger partial charge in [-0.1, -0.05) is 12.1 Å². The van der Waals surface area contributed by atoms with Gasteiger partial charge >= 0.3 is 0 Å². The molecule has 2 N–H and O–H groups in total. The van der Waals surface area contributed by atoms with Gasteiger partial charge in [0.05, 0.1) is 17.7 Å². The molecule has 1 aromatic carbocycles. The number of hydrogen-bond acceptors (Lipinski definition) is 2. The van der Waals surface area contributed by atoms with E-state index in [1.54, 1.807) is 6.07 Å². The maximum atomic E-state index is 13.2. The van der Waals surface area contributed by atoms with Crippen LogP contribution in [-0.4, -0.2) is 23.2 Å². The number of carbonyl (C=O) groups is 1. The van der Waals surface area contributed by atoms with E-state index < -0.39 is 17.8 Å². The number of halogens is 1. The maximum absolute atomic E-state index is 13.2. The van der Waals surface area contributed by atoms with Crippen molar-refractivity contribution in [3.8, 4) is 0 Å². The molecule has 1 amide bonds. The molecule has 0 radical (unpaired) electrons. The third kappa shape index (κ3) is 1.99. The van der Waals surface area contributed by atoms with Crippen molar-refractivity contribution < 1.29 is 14.3 Å². The molecule has 0 aliphatic heterocycles. The van der Waals surface area contributed by atoms with Crippen LogP contribution in [0.5, 0.6) is 0 Å². The topological polar surface area (TPSA) is 49.3 Å². The van der Waals surface area contributed by atoms with Crippen LogP contribution in [0.2, 0.25) is 0 Å². The van der Waals surface area contributed by atoms with Crippen molar-refractivity contribution in [2.24, 2.45) is 0 Å². The van der Waals surface area contributed by atoms with Crippen LogP contribution in [-0.2, 0) is 0 Å². The van der Waals surface area contributed by atoms with Crippen molar-refractivity contribution in [1.29, 1.82) is 0 Å². The first kappa shape index (κ1) is 10.1. The second kappa shape index (κ2) is 3.98. The number of amides is 1. The molecule has 0 saturated heterocycles. The Labute approximate surface area is 86.9 Å². The lowest BCUT2D eigenvalue weighted by atomic mass is 9.89. The van der Waals surface area contributed by atoms with E-state index in [9.17, 15) is 14.3 Å². The fraction of sp³-hybridized carbons (Fsp3) is 0.364. The first-order valence-electron chi connectivity index (χ1n) is 4.92. The minimum Gasteiger partial charge on any atom is -0.391 e. The van der Waals surface area contributed by atoms with Crippen molar-refractivity contribution in [1.82, 2.24) is 5.32 Å². The molecule has 0 aromatic heterocycles. The van der Waals surface area contributed by atoms with E-state index in [0.717, 1.165) is 6.42 Å². The summed E-state index contributed by atoms with van der Waals surface area (Å²) < 4.78 is 13.2. The SMILES string of the molecule is O=C(N[C@@H]1CC[C@H]1O)c1ccccc1F. The standard InChI is InChI=1S/C11H12FNO2/c12-8-4-2-1-3-7(8)11(15)13-9-5-6-10(9)14/h1-4,9-10,14H,5-6H2,(H,13,15)/t9-,10-/m1/s1. The molecule has 1 fully saturated rings. The highest BCUT2D eigenvalue weighted by Crippen LogP contribution is 2.20. The molecule has 15 heavy (non-hydrogen) atoms. The van der Waals surface area contributed by atoms with Crippen LogP contribution < -0.4 is 5.32 Å². The zero-order valence-corrected chi connectivity index (χ0v) is 8.11. The Hall–Kier alpha value is -1.42. The summed E-state index contributed by atoms with van der Waals surface area (Å²) in [5.74, 6) is -0.999. The predicted molar refractivity (Wildman–Crippen MR) is 52.9 cm³/mol. The summed E-state index contributed by atoms with van der Waals surface area (Å²) >= 11 is 0. The van der Waals surface area contributed by atoms with Crippen molar-refractivity contribution in [3.05, 3.63) is 35.6 Å². The molecule has 0 heterocycles.